The van der Waals surface area contributed by atoms with Crippen LogP contribution in [0.15, 0.2) is 48.7 Å². The van der Waals surface area contributed by atoms with E-state index in [1.54, 1.807) is 22.7 Å². The van der Waals surface area contributed by atoms with Gasteiger partial charge in [0.25, 0.3) is 0 Å². The molecule has 0 atom stereocenters. The van der Waals surface area contributed by atoms with Crippen molar-refractivity contribution in [1.29, 1.82) is 0 Å². The smallest absolute Gasteiger partial charge is 0.355 e. The van der Waals surface area contributed by atoms with Crippen LogP contribution in [0.25, 0.3) is 5.65 Å². The Morgan fingerprint density at radius 3 is 2.77 bits per heavy atom. The van der Waals surface area contributed by atoms with Gasteiger partial charge in [-0.05, 0) is 30.7 Å². The molecule has 0 amide bonds. The lowest BCUT2D eigenvalue weighted by Crippen LogP contribution is -2.11. The zero-order valence-electron chi connectivity index (χ0n) is 12.4. The van der Waals surface area contributed by atoms with Crippen molar-refractivity contribution in [3.63, 3.8) is 0 Å². The molecule has 2 heterocycles. The number of pyridine rings is 1. The predicted molar refractivity (Wildman–Crippen MR) is 82.0 cm³/mol. The summed E-state index contributed by atoms with van der Waals surface area (Å²) in [6.45, 7) is 2.31. The number of hydrogen-bond acceptors (Lipinski definition) is 4. The van der Waals surface area contributed by atoms with Crippen LogP contribution in [0, 0.1) is 6.92 Å². The van der Waals surface area contributed by atoms with Gasteiger partial charge >= 0.3 is 5.97 Å². The normalized spacial score (nSPS) is 10.6. The number of methoxy groups -OCH3 is 1. The second-order valence-corrected chi connectivity index (χ2v) is 4.90. The fourth-order valence-corrected chi connectivity index (χ4v) is 2.33. The molecule has 0 fully saturated rings. The van der Waals surface area contributed by atoms with Gasteiger partial charge in [0.2, 0.25) is 0 Å². The van der Waals surface area contributed by atoms with E-state index in [0.29, 0.717) is 17.9 Å². The molecule has 3 rings (SSSR count). The number of fused-ring (bicyclic) bond motifs is 1. The maximum absolute atomic E-state index is 11.9. The molecule has 0 unspecified atom stereocenters. The molecule has 0 radical (unpaired) electrons. The maximum atomic E-state index is 11.9. The number of nitrogens with zero attached hydrogens (tertiary/aromatic N) is 2. The highest BCUT2D eigenvalue weighted by Gasteiger charge is 2.14. The van der Waals surface area contributed by atoms with E-state index >= 15 is 0 Å². The predicted octanol–water partition coefficient (Wildman–Crippen LogP) is 3.01. The van der Waals surface area contributed by atoms with Crippen LogP contribution in [0.2, 0.25) is 0 Å². The van der Waals surface area contributed by atoms with Crippen molar-refractivity contribution < 1.29 is 14.3 Å². The molecular formula is C17H16N2O3. The third-order valence-corrected chi connectivity index (χ3v) is 3.47. The number of benzene rings is 1. The zero-order chi connectivity index (χ0) is 15.5. The summed E-state index contributed by atoms with van der Waals surface area (Å²) >= 11 is 0. The second-order valence-electron chi connectivity index (χ2n) is 4.90. The molecule has 0 bridgehead atoms. The SMILES string of the molecule is COC(=O)c1cccc2ncc(COc3ccccc3C)n12. The number of imidazole rings is 1. The van der Waals surface area contributed by atoms with Gasteiger partial charge < -0.3 is 9.47 Å². The molecule has 0 aliphatic rings. The topological polar surface area (TPSA) is 52.8 Å². The average Bonchev–Trinajstić information content (AvgIpc) is 2.96. The van der Waals surface area contributed by atoms with Gasteiger partial charge in [0.05, 0.1) is 19.0 Å². The summed E-state index contributed by atoms with van der Waals surface area (Å²) in [5.41, 5.74) is 2.97. The van der Waals surface area contributed by atoms with E-state index in [-0.39, 0.29) is 0 Å². The molecular weight excluding hydrogens is 280 g/mol. The monoisotopic (exact) mass is 296 g/mol. The summed E-state index contributed by atoms with van der Waals surface area (Å²) in [7, 11) is 1.36. The van der Waals surface area contributed by atoms with Gasteiger partial charge in [0.1, 0.15) is 23.7 Å². The first kappa shape index (κ1) is 14.1. The minimum Gasteiger partial charge on any atom is -0.487 e. The lowest BCUT2D eigenvalue weighted by molar-refractivity contribution is 0.0591. The van der Waals surface area contributed by atoms with Gasteiger partial charge in [-0.15, -0.1) is 0 Å². The van der Waals surface area contributed by atoms with Crippen molar-refractivity contribution in [2.75, 3.05) is 7.11 Å². The first-order valence-corrected chi connectivity index (χ1v) is 6.93. The fourth-order valence-electron chi connectivity index (χ4n) is 2.33. The van der Waals surface area contributed by atoms with E-state index in [1.165, 1.54) is 7.11 Å². The molecule has 0 aliphatic heterocycles. The van der Waals surface area contributed by atoms with Gasteiger partial charge in [0.15, 0.2) is 0 Å². The van der Waals surface area contributed by atoms with Gasteiger partial charge in [-0.2, -0.15) is 0 Å². The molecule has 0 saturated heterocycles. The Hall–Kier alpha value is -2.82. The highest BCUT2D eigenvalue weighted by molar-refractivity contribution is 5.88. The van der Waals surface area contributed by atoms with Crippen LogP contribution in [0.3, 0.4) is 0 Å². The van der Waals surface area contributed by atoms with Crippen molar-refractivity contribution in [1.82, 2.24) is 9.38 Å². The lowest BCUT2D eigenvalue weighted by atomic mass is 10.2. The third kappa shape index (κ3) is 2.53. The van der Waals surface area contributed by atoms with Crippen LogP contribution in [0.5, 0.6) is 5.75 Å². The van der Waals surface area contributed by atoms with E-state index in [2.05, 4.69) is 4.98 Å². The minimum atomic E-state index is -0.402. The maximum Gasteiger partial charge on any atom is 0.355 e. The second kappa shape index (κ2) is 5.89. The van der Waals surface area contributed by atoms with Crippen LogP contribution in [0.4, 0.5) is 0 Å². The molecule has 3 aromatic rings. The van der Waals surface area contributed by atoms with Crippen molar-refractivity contribution >= 4 is 11.6 Å². The van der Waals surface area contributed by atoms with Crippen LogP contribution in [-0.2, 0) is 11.3 Å². The van der Waals surface area contributed by atoms with Crippen LogP contribution in [-0.4, -0.2) is 22.5 Å². The molecule has 5 nitrogen and oxygen atoms in total. The average molecular weight is 296 g/mol. The molecule has 5 heteroatoms. The fraction of sp³-hybridized carbons (Fsp3) is 0.176. The van der Waals surface area contributed by atoms with Gasteiger partial charge in [0, 0.05) is 0 Å². The number of aromatic nitrogens is 2. The van der Waals surface area contributed by atoms with Crippen molar-refractivity contribution in [2.24, 2.45) is 0 Å². The Morgan fingerprint density at radius 1 is 1.18 bits per heavy atom. The Labute approximate surface area is 128 Å². The summed E-state index contributed by atoms with van der Waals surface area (Å²) in [4.78, 5) is 16.2. The van der Waals surface area contributed by atoms with E-state index in [4.69, 9.17) is 9.47 Å². The quantitative estimate of drug-likeness (QED) is 0.694. The Morgan fingerprint density at radius 2 is 2.00 bits per heavy atom. The first-order chi connectivity index (χ1) is 10.7. The zero-order valence-corrected chi connectivity index (χ0v) is 12.4. The standard InChI is InChI=1S/C17H16N2O3/c1-12-6-3-4-8-15(12)22-11-13-10-18-16-9-5-7-14(19(13)16)17(20)21-2/h3-10H,11H2,1-2H3. The van der Waals surface area contributed by atoms with E-state index in [1.807, 2.05) is 37.3 Å². The molecule has 1 aromatic carbocycles. The number of aryl methyl sites for hydroxylation is 1. The Bertz CT molecular complexity index is 824. The van der Waals surface area contributed by atoms with Crippen LogP contribution >= 0.6 is 0 Å². The van der Waals surface area contributed by atoms with Gasteiger partial charge in [-0.3, -0.25) is 4.40 Å². The summed E-state index contributed by atoms with van der Waals surface area (Å²) < 4.78 is 12.4. The highest BCUT2D eigenvalue weighted by atomic mass is 16.5. The molecule has 0 spiro atoms. The Balaban J connectivity index is 1.94. The van der Waals surface area contributed by atoms with Crippen molar-refractivity contribution in [3.05, 3.63) is 65.6 Å². The van der Waals surface area contributed by atoms with Crippen molar-refractivity contribution in [3.8, 4) is 5.75 Å². The summed E-state index contributed by atoms with van der Waals surface area (Å²) in [6.07, 6.45) is 1.71. The lowest BCUT2D eigenvalue weighted by Gasteiger charge is -2.10. The molecule has 112 valence electrons. The number of carbonyl (C=O) groups is 1. The van der Waals surface area contributed by atoms with Gasteiger partial charge in [-0.25, -0.2) is 9.78 Å². The van der Waals surface area contributed by atoms with E-state index in [0.717, 1.165) is 17.0 Å². The largest absolute Gasteiger partial charge is 0.487 e. The van der Waals surface area contributed by atoms with Crippen molar-refractivity contribution in [2.45, 2.75) is 13.5 Å². The number of hydrogen-bond donors (Lipinski definition) is 0. The number of carbonyl (C=O) groups excluding carboxylic acids is 1. The molecule has 0 saturated carbocycles. The van der Waals surface area contributed by atoms with Gasteiger partial charge in [-0.1, -0.05) is 24.3 Å². The number of para-hydroxylation sites is 1. The molecule has 0 N–H and O–H groups in total. The third-order valence-electron chi connectivity index (χ3n) is 3.47. The molecule has 22 heavy (non-hydrogen) atoms. The van der Waals surface area contributed by atoms with Crippen LogP contribution < -0.4 is 4.74 Å². The Kier molecular flexibility index (Phi) is 3.78. The summed E-state index contributed by atoms with van der Waals surface area (Å²) in [6, 6.07) is 13.1. The highest BCUT2D eigenvalue weighted by Crippen LogP contribution is 2.19. The van der Waals surface area contributed by atoms with Crippen LogP contribution in [0.1, 0.15) is 21.7 Å². The van der Waals surface area contributed by atoms with E-state index < -0.39 is 5.97 Å². The van der Waals surface area contributed by atoms with E-state index in [9.17, 15) is 4.79 Å². The summed E-state index contributed by atoms with van der Waals surface area (Å²) in [5.74, 6) is 0.411. The molecule has 0 aliphatic carbocycles. The molecule has 2 aromatic heterocycles. The number of esters is 1. The first-order valence-electron chi connectivity index (χ1n) is 6.93. The summed E-state index contributed by atoms with van der Waals surface area (Å²) in [5, 5.41) is 0. The minimum absolute atomic E-state index is 0.319. The number of ether oxygens (including phenoxy) is 2. The number of rotatable bonds is 4.